The van der Waals surface area contributed by atoms with Crippen molar-refractivity contribution in [3.63, 3.8) is 0 Å². The summed E-state index contributed by atoms with van der Waals surface area (Å²) < 4.78 is 29.7. The van der Waals surface area contributed by atoms with Gasteiger partial charge in [0.15, 0.2) is 0 Å². The molecule has 5 unspecified atom stereocenters. The van der Waals surface area contributed by atoms with Crippen LogP contribution >= 0.6 is 34.2 Å². The molecule has 4 nitrogen and oxygen atoms in total. The Morgan fingerprint density at radius 1 is 1.03 bits per heavy atom. The maximum absolute atomic E-state index is 13.4. The number of anilines is 1. The highest BCUT2D eigenvalue weighted by molar-refractivity contribution is 14.1. The molecule has 2 saturated carbocycles. The minimum absolute atomic E-state index is 0.174. The van der Waals surface area contributed by atoms with E-state index in [1.807, 2.05) is 24.3 Å². The molecular weight excluding hydrogens is 555 g/mol. The molecule has 170 valence electrons. The maximum Gasteiger partial charge on any atom is 0.243 e. The highest BCUT2D eigenvalue weighted by Crippen LogP contribution is 2.64. The predicted molar refractivity (Wildman–Crippen MR) is 137 cm³/mol. The number of piperidine rings is 1. The van der Waals surface area contributed by atoms with E-state index >= 15 is 0 Å². The summed E-state index contributed by atoms with van der Waals surface area (Å²) in [5.74, 6) is 2.17. The lowest BCUT2D eigenvalue weighted by Gasteiger charge is -2.44. The molecule has 1 saturated heterocycles. The van der Waals surface area contributed by atoms with Crippen LogP contribution in [0.5, 0.6) is 0 Å². The van der Waals surface area contributed by atoms with Crippen molar-refractivity contribution in [2.75, 3.05) is 18.4 Å². The summed E-state index contributed by atoms with van der Waals surface area (Å²) in [6.45, 7) is 1.28. The van der Waals surface area contributed by atoms with Crippen molar-refractivity contribution >= 4 is 49.9 Å². The van der Waals surface area contributed by atoms with Crippen molar-refractivity contribution in [2.45, 2.75) is 55.4 Å². The Labute approximate surface area is 209 Å². The summed E-state index contributed by atoms with van der Waals surface area (Å²) in [5.41, 5.74) is 3.49. The zero-order valence-electron chi connectivity index (χ0n) is 17.9. The molecular formula is C25H28ClIN2O2S. The van der Waals surface area contributed by atoms with Crippen LogP contribution < -0.4 is 5.32 Å². The van der Waals surface area contributed by atoms with E-state index in [1.54, 1.807) is 10.4 Å². The van der Waals surface area contributed by atoms with Gasteiger partial charge in [-0.25, -0.2) is 8.42 Å². The smallest absolute Gasteiger partial charge is 0.243 e. The Kier molecular flexibility index (Phi) is 5.51. The van der Waals surface area contributed by atoms with Crippen LogP contribution in [0.3, 0.4) is 0 Å². The van der Waals surface area contributed by atoms with Gasteiger partial charge in [0.25, 0.3) is 0 Å². The number of benzene rings is 2. The van der Waals surface area contributed by atoms with Gasteiger partial charge in [-0.3, -0.25) is 0 Å². The van der Waals surface area contributed by atoms with Crippen LogP contribution in [0.2, 0.25) is 5.02 Å². The first kappa shape index (κ1) is 21.7. The first-order valence-corrected chi connectivity index (χ1v) is 14.7. The van der Waals surface area contributed by atoms with E-state index in [9.17, 15) is 8.42 Å². The van der Waals surface area contributed by atoms with Crippen molar-refractivity contribution < 1.29 is 8.42 Å². The maximum atomic E-state index is 13.4. The Morgan fingerprint density at radius 3 is 2.59 bits per heavy atom. The molecule has 2 aliphatic carbocycles. The van der Waals surface area contributed by atoms with Gasteiger partial charge in [-0.05, 0) is 114 Å². The summed E-state index contributed by atoms with van der Waals surface area (Å²) in [4.78, 5) is 0.465. The fourth-order valence-electron chi connectivity index (χ4n) is 6.98. The lowest BCUT2D eigenvalue weighted by atomic mass is 9.68. The van der Waals surface area contributed by atoms with Crippen LogP contribution in [0, 0.1) is 21.3 Å². The van der Waals surface area contributed by atoms with Crippen LogP contribution in [0.1, 0.15) is 61.6 Å². The molecule has 7 heteroatoms. The Hall–Kier alpha value is -0.830. The summed E-state index contributed by atoms with van der Waals surface area (Å²) >= 11 is 9.13. The number of nitrogens with one attached hydrogen (secondary N) is 1. The number of rotatable bonds is 3. The Balaban J connectivity index is 1.44. The number of halogens is 2. The largest absolute Gasteiger partial charge is 0.378 e. The number of hydrogen-bond donors (Lipinski definition) is 1. The summed E-state index contributed by atoms with van der Waals surface area (Å²) in [6, 6.07) is 12.1. The molecule has 0 spiro atoms. The van der Waals surface area contributed by atoms with Gasteiger partial charge < -0.3 is 5.32 Å². The molecule has 2 aromatic rings. The zero-order chi connectivity index (χ0) is 22.0. The monoisotopic (exact) mass is 582 g/mol. The third-order valence-corrected chi connectivity index (χ3v) is 11.5. The molecule has 1 N–H and O–H groups in total. The standard InChI is InChI=1S/C25H28ClIN2O2S/c26-19-5-4-6-20(27)24(19)25-23-16-8-7-15(13-16)22(23)18-14-17(9-10-21(18)28-25)32(30,31)29-11-2-1-3-12-29/h4-6,9-10,14-16,22-23,25,28H,1-3,7-8,11-13H2. The van der Waals surface area contributed by atoms with Crippen molar-refractivity contribution in [1.29, 1.82) is 0 Å². The second-order valence-corrected chi connectivity index (χ2v) is 13.4. The van der Waals surface area contributed by atoms with Crippen molar-refractivity contribution in [1.82, 2.24) is 4.31 Å². The van der Waals surface area contributed by atoms with E-state index in [0.29, 0.717) is 41.7 Å². The van der Waals surface area contributed by atoms with Crippen LogP contribution in [0.15, 0.2) is 41.3 Å². The first-order valence-electron chi connectivity index (χ1n) is 11.8. The summed E-state index contributed by atoms with van der Waals surface area (Å²) in [5, 5.41) is 4.63. The quantitative estimate of drug-likeness (QED) is 0.425. The van der Waals surface area contributed by atoms with Gasteiger partial charge in [-0.2, -0.15) is 4.31 Å². The average Bonchev–Trinajstić information content (AvgIpc) is 3.42. The third-order valence-electron chi connectivity index (χ3n) is 8.32. The minimum atomic E-state index is -3.43. The molecule has 3 fully saturated rings. The molecule has 5 atom stereocenters. The van der Waals surface area contributed by atoms with Crippen molar-refractivity contribution in [2.24, 2.45) is 17.8 Å². The van der Waals surface area contributed by atoms with E-state index < -0.39 is 10.0 Å². The SMILES string of the molecule is O=S(=O)(c1ccc2c(c1)C1C3CCC(C3)C1C(c1c(Cl)cccc1I)N2)N1CCCCC1. The fraction of sp³-hybridized carbons (Fsp3) is 0.520. The lowest BCUT2D eigenvalue weighted by molar-refractivity contribution is 0.247. The van der Waals surface area contributed by atoms with E-state index in [4.69, 9.17) is 11.6 Å². The Bertz CT molecular complexity index is 1140. The topological polar surface area (TPSA) is 49.4 Å². The highest BCUT2D eigenvalue weighted by Gasteiger charge is 2.54. The van der Waals surface area contributed by atoms with Crippen LogP contribution in [0.25, 0.3) is 0 Å². The fourth-order valence-corrected chi connectivity index (χ4v) is 9.81. The second-order valence-electron chi connectivity index (χ2n) is 9.91. The highest BCUT2D eigenvalue weighted by atomic mass is 127. The molecule has 2 heterocycles. The van der Waals surface area contributed by atoms with Crippen LogP contribution in [-0.4, -0.2) is 25.8 Å². The molecule has 0 amide bonds. The molecule has 2 aliphatic heterocycles. The molecule has 2 bridgehead atoms. The van der Waals surface area contributed by atoms with Gasteiger partial charge in [0, 0.05) is 32.9 Å². The molecule has 2 aromatic carbocycles. The van der Waals surface area contributed by atoms with E-state index in [1.165, 1.54) is 34.0 Å². The molecule has 4 aliphatic rings. The van der Waals surface area contributed by atoms with Gasteiger partial charge >= 0.3 is 0 Å². The van der Waals surface area contributed by atoms with Gasteiger partial charge in [0.05, 0.1) is 10.9 Å². The molecule has 32 heavy (non-hydrogen) atoms. The second kappa shape index (κ2) is 8.14. The molecule has 6 rings (SSSR count). The Morgan fingerprint density at radius 2 is 1.81 bits per heavy atom. The summed E-state index contributed by atoms with van der Waals surface area (Å²) in [6.07, 6.45) is 6.80. The van der Waals surface area contributed by atoms with E-state index in [-0.39, 0.29) is 6.04 Å². The van der Waals surface area contributed by atoms with Gasteiger partial charge in [0.2, 0.25) is 10.0 Å². The lowest BCUT2D eigenvalue weighted by Crippen LogP contribution is -2.37. The third kappa shape index (κ3) is 3.35. The normalized spacial score (nSPS) is 31.8. The van der Waals surface area contributed by atoms with Gasteiger partial charge in [-0.15, -0.1) is 0 Å². The predicted octanol–water partition coefficient (Wildman–Crippen LogP) is 6.42. The van der Waals surface area contributed by atoms with Crippen molar-refractivity contribution in [3.8, 4) is 0 Å². The van der Waals surface area contributed by atoms with Crippen LogP contribution in [0.4, 0.5) is 5.69 Å². The number of sulfonamides is 1. The molecule has 0 aromatic heterocycles. The number of fused-ring (bicyclic) bond motifs is 7. The minimum Gasteiger partial charge on any atom is -0.378 e. The molecule has 0 radical (unpaired) electrons. The number of nitrogens with zero attached hydrogens (tertiary/aromatic N) is 1. The zero-order valence-corrected chi connectivity index (χ0v) is 21.7. The average molecular weight is 583 g/mol. The van der Waals surface area contributed by atoms with Crippen LogP contribution in [-0.2, 0) is 10.0 Å². The van der Waals surface area contributed by atoms with Gasteiger partial charge in [0.1, 0.15) is 0 Å². The first-order chi connectivity index (χ1) is 15.4. The van der Waals surface area contributed by atoms with Gasteiger partial charge in [-0.1, -0.05) is 24.1 Å². The number of hydrogen-bond acceptors (Lipinski definition) is 3. The summed E-state index contributed by atoms with van der Waals surface area (Å²) in [7, 11) is -3.43. The van der Waals surface area contributed by atoms with E-state index in [0.717, 1.165) is 30.0 Å². The van der Waals surface area contributed by atoms with E-state index in [2.05, 4.69) is 34.0 Å². The van der Waals surface area contributed by atoms with Crippen molar-refractivity contribution in [3.05, 3.63) is 56.1 Å².